The first-order chi connectivity index (χ1) is 12.6. The van der Waals surface area contributed by atoms with Crippen molar-refractivity contribution >= 4 is 11.7 Å². The molecule has 3 rings (SSSR count). The van der Waals surface area contributed by atoms with E-state index in [1.807, 2.05) is 0 Å². The molecule has 140 valence electrons. The Morgan fingerprint density at radius 3 is 2.65 bits per heavy atom. The van der Waals surface area contributed by atoms with Crippen LogP contribution in [0.1, 0.15) is 29.1 Å². The number of aryl methyl sites for hydroxylation is 1. The van der Waals surface area contributed by atoms with Gasteiger partial charge in [0.2, 0.25) is 5.88 Å². The monoisotopic (exact) mass is 361 g/mol. The van der Waals surface area contributed by atoms with Crippen molar-refractivity contribution in [1.82, 2.24) is 20.4 Å². The lowest BCUT2D eigenvalue weighted by Gasteiger charge is -2.32. The number of rotatable bonds is 6. The topological polar surface area (TPSA) is 103 Å². The quantitative estimate of drug-likeness (QED) is 0.824. The lowest BCUT2D eigenvalue weighted by Crippen LogP contribution is -2.39. The van der Waals surface area contributed by atoms with Gasteiger partial charge in [-0.05, 0) is 25.7 Å². The first kappa shape index (κ1) is 18.0. The van der Waals surface area contributed by atoms with Crippen molar-refractivity contribution in [3.8, 4) is 11.9 Å². The molecule has 0 unspecified atom stereocenters. The average molecular weight is 361 g/mol. The maximum Gasteiger partial charge on any atom is 0.321 e. The van der Waals surface area contributed by atoms with E-state index in [9.17, 15) is 4.79 Å². The zero-order valence-electron chi connectivity index (χ0n) is 15.2. The van der Waals surface area contributed by atoms with Crippen LogP contribution in [0.3, 0.4) is 0 Å². The predicted octanol–water partition coefficient (Wildman–Crippen LogP) is 1.44. The van der Waals surface area contributed by atoms with Crippen LogP contribution in [0.5, 0.6) is 11.9 Å². The smallest absolute Gasteiger partial charge is 0.321 e. The Hall–Kier alpha value is -2.84. The summed E-state index contributed by atoms with van der Waals surface area (Å²) in [4.78, 5) is 22.7. The second-order valence-corrected chi connectivity index (χ2v) is 6.22. The third kappa shape index (κ3) is 4.22. The number of nitrogens with zero attached hydrogens (tertiary/aromatic N) is 4. The van der Waals surface area contributed by atoms with E-state index in [0.29, 0.717) is 29.8 Å². The highest BCUT2D eigenvalue weighted by atomic mass is 16.5. The molecule has 1 saturated heterocycles. The minimum absolute atomic E-state index is 0.199. The Labute approximate surface area is 151 Å². The maximum absolute atomic E-state index is 12.0. The number of piperidine rings is 1. The van der Waals surface area contributed by atoms with Gasteiger partial charge in [0.1, 0.15) is 11.6 Å². The Bertz CT molecular complexity index is 733. The second kappa shape index (κ2) is 8.03. The van der Waals surface area contributed by atoms with Crippen molar-refractivity contribution < 1.29 is 18.8 Å². The van der Waals surface area contributed by atoms with E-state index in [1.54, 1.807) is 26.2 Å². The largest absolute Gasteiger partial charge is 0.481 e. The predicted molar refractivity (Wildman–Crippen MR) is 93.6 cm³/mol. The van der Waals surface area contributed by atoms with Gasteiger partial charge in [-0.1, -0.05) is 5.16 Å². The number of aromatic nitrogens is 3. The number of anilines is 1. The van der Waals surface area contributed by atoms with E-state index in [1.165, 1.54) is 7.11 Å². The summed E-state index contributed by atoms with van der Waals surface area (Å²) in [5.41, 5.74) is 0.320. The highest BCUT2D eigenvalue weighted by Crippen LogP contribution is 2.25. The molecule has 0 spiro atoms. The summed E-state index contributed by atoms with van der Waals surface area (Å²) in [6.45, 7) is 4.06. The Kier molecular flexibility index (Phi) is 5.55. The van der Waals surface area contributed by atoms with Crippen molar-refractivity contribution in [3.63, 3.8) is 0 Å². The van der Waals surface area contributed by atoms with E-state index in [4.69, 9.17) is 14.0 Å². The van der Waals surface area contributed by atoms with Crippen LogP contribution in [0.15, 0.2) is 16.7 Å². The zero-order valence-corrected chi connectivity index (χ0v) is 15.2. The minimum Gasteiger partial charge on any atom is -0.481 e. The Balaban J connectivity index is 1.52. The molecule has 3 heterocycles. The molecule has 26 heavy (non-hydrogen) atoms. The molecule has 1 amide bonds. The van der Waals surface area contributed by atoms with E-state index in [0.717, 1.165) is 31.7 Å². The van der Waals surface area contributed by atoms with Gasteiger partial charge in [-0.25, -0.2) is 0 Å². The summed E-state index contributed by atoms with van der Waals surface area (Å²) >= 11 is 0. The lowest BCUT2D eigenvalue weighted by molar-refractivity contribution is 0.0935. The number of ether oxygens (including phenoxy) is 2. The molecule has 2 aromatic heterocycles. The SMILES string of the molecule is COc1cc(N2CCC(CNC(=O)c3cc(C)on3)CC2)nc(OC)n1. The molecule has 0 radical (unpaired) electrons. The van der Waals surface area contributed by atoms with Crippen LogP contribution >= 0.6 is 0 Å². The molecule has 1 fully saturated rings. The van der Waals surface area contributed by atoms with E-state index >= 15 is 0 Å². The summed E-state index contributed by atoms with van der Waals surface area (Å²) in [6, 6.07) is 3.72. The van der Waals surface area contributed by atoms with Gasteiger partial charge in [-0.2, -0.15) is 9.97 Å². The first-order valence-electron chi connectivity index (χ1n) is 8.52. The summed E-state index contributed by atoms with van der Waals surface area (Å²) < 4.78 is 15.3. The van der Waals surface area contributed by atoms with Gasteiger partial charge in [0.05, 0.1) is 14.2 Å². The number of amides is 1. The van der Waals surface area contributed by atoms with Gasteiger partial charge in [-0.3, -0.25) is 4.79 Å². The molecule has 0 saturated carbocycles. The van der Waals surface area contributed by atoms with Gasteiger partial charge in [-0.15, -0.1) is 0 Å². The summed E-state index contributed by atoms with van der Waals surface area (Å²) in [7, 11) is 3.10. The van der Waals surface area contributed by atoms with Crippen LogP contribution in [0.2, 0.25) is 0 Å². The normalized spacial score (nSPS) is 15.0. The van der Waals surface area contributed by atoms with Crippen molar-refractivity contribution in [2.45, 2.75) is 19.8 Å². The number of methoxy groups -OCH3 is 2. The minimum atomic E-state index is -0.199. The van der Waals surface area contributed by atoms with Crippen molar-refractivity contribution in [2.24, 2.45) is 5.92 Å². The van der Waals surface area contributed by atoms with Crippen molar-refractivity contribution in [2.75, 3.05) is 38.8 Å². The molecule has 0 aromatic carbocycles. The third-order valence-corrected chi connectivity index (χ3v) is 4.41. The van der Waals surface area contributed by atoms with Gasteiger partial charge in [0.15, 0.2) is 5.69 Å². The molecule has 1 aliphatic heterocycles. The number of hydrogen-bond donors (Lipinski definition) is 1. The fourth-order valence-corrected chi connectivity index (χ4v) is 2.92. The van der Waals surface area contributed by atoms with Crippen LogP contribution in [0.4, 0.5) is 5.82 Å². The standard InChI is InChI=1S/C17H23N5O4/c1-11-8-13(21-26-11)16(23)18-10-12-4-6-22(7-5-12)14-9-15(24-2)20-17(19-14)25-3/h8-9,12H,4-7,10H2,1-3H3,(H,18,23). The molecule has 0 aliphatic carbocycles. The summed E-state index contributed by atoms with van der Waals surface area (Å²) in [5, 5.41) is 6.66. The molecule has 0 bridgehead atoms. The molecular weight excluding hydrogens is 338 g/mol. The van der Waals surface area contributed by atoms with Gasteiger partial charge >= 0.3 is 6.01 Å². The maximum atomic E-state index is 12.0. The number of carbonyl (C=O) groups excluding carboxylic acids is 1. The van der Waals surface area contributed by atoms with Crippen LogP contribution < -0.4 is 19.7 Å². The van der Waals surface area contributed by atoms with E-state index < -0.39 is 0 Å². The van der Waals surface area contributed by atoms with Gasteiger partial charge < -0.3 is 24.2 Å². The number of nitrogens with one attached hydrogen (secondary N) is 1. The first-order valence-corrected chi connectivity index (χ1v) is 8.52. The highest BCUT2D eigenvalue weighted by molar-refractivity contribution is 5.92. The zero-order chi connectivity index (χ0) is 18.5. The molecule has 9 heteroatoms. The average Bonchev–Trinajstić information content (AvgIpc) is 3.12. The van der Waals surface area contributed by atoms with Gasteiger partial charge in [0.25, 0.3) is 5.91 Å². The molecule has 9 nitrogen and oxygen atoms in total. The van der Waals surface area contributed by atoms with E-state index in [-0.39, 0.29) is 11.9 Å². The second-order valence-electron chi connectivity index (χ2n) is 6.22. The fraction of sp³-hybridized carbons (Fsp3) is 0.529. The molecular formula is C17H23N5O4. The summed E-state index contributed by atoms with van der Waals surface area (Å²) in [5.74, 6) is 2.10. The Morgan fingerprint density at radius 1 is 1.27 bits per heavy atom. The molecule has 1 aliphatic rings. The highest BCUT2D eigenvalue weighted by Gasteiger charge is 2.22. The Morgan fingerprint density at radius 2 is 2.04 bits per heavy atom. The molecule has 1 N–H and O–H groups in total. The lowest BCUT2D eigenvalue weighted by atomic mass is 9.96. The number of carbonyl (C=O) groups is 1. The van der Waals surface area contributed by atoms with E-state index in [2.05, 4.69) is 25.3 Å². The number of hydrogen-bond acceptors (Lipinski definition) is 8. The summed E-state index contributed by atoms with van der Waals surface area (Å²) in [6.07, 6.45) is 1.90. The van der Waals surface area contributed by atoms with Crippen LogP contribution in [-0.4, -0.2) is 54.9 Å². The third-order valence-electron chi connectivity index (χ3n) is 4.41. The van der Waals surface area contributed by atoms with Crippen molar-refractivity contribution in [1.29, 1.82) is 0 Å². The van der Waals surface area contributed by atoms with Crippen LogP contribution in [0.25, 0.3) is 0 Å². The van der Waals surface area contributed by atoms with Crippen molar-refractivity contribution in [3.05, 3.63) is 23.6 Å². The van der Waals surface area contributed by atoms with Gasteiger partial charge in [0, 0.05) is 31.8 Å². The fourth-order valence-electron chi connectivity index (χ4n) is 2.92. The molecule has 2 aromatic rings. The van der Waals surface area contributed by atoms with Crippen LogP contribution in [0, 0.1) is 12.8 Å². The van der Waals surface area contributed by atoms with Crippen LogP contribution in [-0.2, 0) is 0 Å². The molecule has 0 atom stereocenters.